The minimum atomic E-state index is 0.837. The molecule has 12 heavy (non-hydrogen) atoms. The molecule has 0 spiro atoms. The van der Waals surface area contributed by atoms with Crippen LogP contribution in [0.4, 0.5) is 0 Å². The molecule has 0 N–H and O–H groups in total. The van der Waals surface area contributed by atoms with Crippen LogP contribution in [-0.4, -0.2) is 25.0 Å². The molecule has 0 radical (unpaired) electrons. The molecule has 0 bridgehead atoms. The molecule has 1 fully saturated rings. The van der Waals surface area contributed by atoms with E-state index in [9.17, 15) is 0 Å². The molecular weight excluding hydrogens is 146 g/mol. The number of piperidine rings is 1. The summed E-state index contributed by atoms with van der Waals surface area (Å²) in [6, 6.07) is 0. The summed E-state index contributed by atoms with van der Waals surface area (Å²) in [7, 11) is 2.23. The van der Waals surface area contributed by atoms with E-state index in [2.05, 4.69) is 31.9 Å². The fourth-order valence-corrected chi connectivity index (χ4v) is 2.03. The van der Waals surface area contributed by atoms with Gasteiger partial charge in [-0.15, -0.1) is 0 Å². The largest absolute Gasteiger partial charge is 0.306 e. The van der Waals surface area contributed by atoms with Crippen LogP contribution >= 0.6 is 0 Å². The molecule has 1 aliphatic heterocycles. The second-order valence-electron chi connectivity index (χ2n) is 3.96. The lowest BCUT2D eigenvalue weighted by molar-refractivity contribution is 0.230. The van der Waals surface area contributed by atoms with Crippen molar-refractivity contribution in [3.63, 3.8) is 0 Å². The van der Waals surface area contributed by atoms with Gasteiger partial charge in [0.25, 0.3) is 0 Å². The van der Waals surface area contributed by atoms with Crippen LogP contribution in [0.15, 0.2) is 11.6 Å². The summed E-state index contributed by atoms with van der Waals surface area (Å²) >= 11 is 0. The van der Waals surface area contributed by atoms with Gasteiger partial charge in [0.15, 0.2) is 0 Å². The first kappa shape index (κ1) is 9.79. The fraction of sp³-hybridized carbons (Fsp3) is 0.818. The third-order valence-corrected chi connectivity index (χ3v) is 2.79. The molecule has 0 aromatic heterocycles. The highest BCUT2D eigenvalue weighted by molar-refractivity contribution is 5.04. The Hall–Kier alpha value is -0.300. The summed E-state index contributed by atoms with van der Waals surface area (Å²) in [6.07, 6.45) is 6.33. The van der Waals surface area contributed by atoms with E-state index in [0.29, 0.717) is 0 Å². The summed E-state index contributed by atoms with van der Waals surface area (Å²) in [4.78, 5) is 2.45. The summed E-state index contributed by atoms with van der Waals surface area (Å²) < 4.78 is 0. The predicted molar refractivity (Wildman–Crippen MR) is 54.3 cm³/mol. The Morgan fingerprint density at radius 3 is 2.92 bits per heavy atom. The third-order valence-electron chi connectivity index (χ3n) is 2.79. The molecule has 0 unspecified atom stereocenters. The first-order valence-corrected chi connectivity index (χ1v) is 5.09. The van der Waals surface area contributed by atoms with Crippen LogP contribution in [0.3, 0.4) is 0 Å². The topological polar surface area (TPSA) is 3.24 Å². The lowest BCUT2D eigenvalue weighted by Crippen LogP contribution is -2.32. The third kappa shape index (κ3) is 2.63. The second kappa shape index (κ2) is 4.66. The highest BCUT2D eigenvalue weighted by Gasteiger charge is 2.17. The van der Waals surface area contributed by atoms with E-state index in [1.54, 1.807) is 5.57 Å². The monoisotopic (exact) mass is 167 g/mol. The highest BCUT2D eigenvalue weighted by Crippen LogP contribution is 2.22. The second-order valence-corrected chi connectivity index (χ2v) is 3.96. The van der Waals surface area contributed by atoms with Crippen molar-refractivity contribution in [2.24, 2.45) is 5.92 Å². The lowest BCUT2D eigenvalue weighted by Gasteiger charge is -2.30. The number of allylic oxidation sites excluding steroid dienone is 1. The van der Waals surface area contributed by atoms with Crippen molar-refractivity contribution in [2.75, 3.05) is 20.1 Å². The van der Waals surface area contributed by atoms with E-state index in [-0.39, 0.29) is 0 Å². The van der Waals surface area contributed by atoms with E-state index >= 15 is 0 Å². The SMILES string of the molecule is CC/C=C(/C)[C@H]1CCCN(C)C1. The van der Waals surface area contributed by atoms with Crippen molar-refractivity contribution in [3.05, 3.63) is 11.6 Å². The quantitative estimate of drug-likeness (QED) is 0.572. The van der Waals surface area contributed by atoms with Crippen molar-refractivity contribution < 1.29 is 0 Å². The molecule has 1 nitrogen and oxygen atoms in total. The maximum atomic E-state index is 2.45. The normalized spacial score (nSPS) is 27.6. The summed E-state index contributed by atoms with van der Waals surface area (Å²) in [6.45, 7) is 7.06. The number of nitrogens with zero attached hydrogens (tertiary/aromatic N) is 1. The Labute approximate surface area is 76.5 Å². The average molecular weight is 167 g/mol. The van der Waals surface area contributed by atoms with Gasteiger partial charge in [-0.1, -0.05) is 18.6 Å². The molecule has 0 aromatic rings. The first-order chi connectivity index (χ1) is 5.74. The van der Waals surface area contributed by atoms with E-state index in [0.717, 1.165) is 5.92 Å². The molecule has 1 rings (SSSR count). The number of likely N-dealkylation sites (tertiary alicyclic amines) is 1. The summed E-state index contributed by atoms with van der Waals surface area (Å²) in [5.74, 6) is 0.837. The van der Waals surface area contributed by atoms with Crippen LogP contribution in [0.2, 0.25) is 0 Å². The Morgan fingerprint density at radius 2 is 2.33 bits per heavy atom. The number of rotatable bonds is 2. The van der Waals surface area contributed by atoms with Gasteiger partial charge in [0.05, 0.1) is 0 Å². The van der Waals surface area contributed by atoms with Crippen molar-refractivity contribution in [1.29, 1.82) is 0 Å². The van der Waals surface area contributed by atoms with Crippen LogP contribution < -0.4 is 0 Å². The van der Waals surface area contributed by atoms with Gasteiger partial charge in [-0.25, -0.2) is 0 Å². The lowest BCUT2D eigenvalue weighted by atomic mass is 9.91. The van der Waals surface area contributed by atoms with Crippen LogP contribution in [0.25, 0.3) is 0 Å². The van der Waals surface area contributed by atoms with Gasteiger partial charge in [0.2, 0.25) is 0 Å². The van der Waals surface area contributed by atoms with E-state index in [1.807, 2.05) is 0 Å². The van der Waals surface area contributed by atoms with Gasteiger partial charge in [-0.05, 0) is 45.7 Å². The molecule has 0 aromatic carbocycles. The minimum absolute atomic E-state index is 0.837. The Kier molecular flexibility index (Phi) is 3.80. The smallest absolute Gasteiger partial charge is 0.00439 e. The summed E-state index contributed by atoms with van der Waals surface area (Å²) in [5.41, 5.74) is 1.60. The molecule has 1 heterocycles. The van der Waals surface area contributed by atoms with Crippen molar-refractivity contribution in [1.82, 2.24) is 4.90 Å². The van der Waals surface area contributed by atoms with Crippen LogP contribution in [0.1, 0.15) is 33.1 Å². The average Bonchev–Trinajstić information content (AvgIpc) is 2.05. The molecule has 1 aliphatic rings. The highest BCUT2D eigenvalue weighted by atomic mass is 15.1. The molecule has 1 atom stereocenters. The Morgan fingerprint density at radius 1 is 1.58 bits per heavy atom. The minimum Gasteiger partial charge on any atom is -0.306 e. The zero-order valence-electron chi connectivity index (χ0n) is 8.64. The maximum Gasteiger partial charge on any atom is 0.00439 e. The van der Waals surface area contributed by atoms with Gasteiger partial charge in [0, 0.05) is 6.54 Å². The Bertz CT molecular complexity index is 160. The van der Waals surface area contributed by atoms with Crippen LogP contribution in [-0.2, 0) is 0 Å². The van der Waals surface area contributed by atoms with Crippen LogP contribution in [0, 0.1) is 5.92 Å². The van der Waals surface area contributed by atoms with E-state index in [1.165, 1.54) is 32.4 Å². The Balaban J connectivity index is 2.45. The number of hydrogen-bond acceptors (Lipinski definition) is 1. The van der Waals surface area contributed by atoms with Gasteiger partial charge in [-0.3, -0.25) is 0 Å². The molecule has 0 amide bonds. The number of hydrogen-bond donors (Lipinski definition) is 0. The van der Waals surface area contributed by atoms with Gasteiger partial charge >= 0.3 is 0 Å². The molecule has 0 aliphatic carbocycles. The zero-order chi connectivity index (χ0) is 8.97. The van der Waals surface area contributed by atoms with Crippen molar-refractivity contribution >= 4 is 0 Å². The molecule has 0 saturated carbocycles. The summed E-state index contributed by atoms with van der Waals surface area (Å²) in [5, 5.41) is 0. The molecule has 1 saturated heterocycles. The van der Waals surface area contributed by atoms with E-state index in [4.69, 9.17) is 0 Å². The van der Waals surface area contributed by atoms with Gasteiger partial charge < -0.3 is 4.90 Å². The maximum absolute atomic E-state index is 2.45. The fourth-order valence-electron chi connectivity index (χ4n) is 2.03. The molecule has 70 valence electrons. The molecule has 1 heteroatoms. The predicted octanol–water partition coefficient (Wildman–Crippen LogP) is 2.68. The van der Waals surface area contributed by atoms with Gasteiger partial charge in [-0.2, -0.15) is 0 Å². The zero-order valence-corrected chi connectivity index (χ0v) is 8.64. The van der Waals surface area contributed by atoms with E-state index < -0.39 is 0 Å². The van der Waals surface area contributed by atoms with Crippen molar-refractivity contribution in [2.45, 2.75) is 33.1 Å². The van der Waals surface area contributed by atoms with Crippen LogP contribution in [0.5, 0.6) is 0 Å². The molecular formula is C11H21N. The first-order valence-electron chi connectivity index (χ1n) is 5.09. The standard InChI is InChI=1S/C11H21N/c1-4-6-10(2)11-7-5-8-12(3)9-11/h6,11H,4-5,7-9H2,1-3H3/b10-6-/t11-/m0/s1. The van der Waals surface area contributed by atoms with Gasteiger partial charge in [0.1, 0.15) is 0 Å². The van der Waals surface area contributed by atoms with Crippen molar-refractivity contribution in [3.8, 4) is 0 Å².